The number of amides is 2. The normalized spacial score (nSPS) is 16.9. The number of benzene rings is 2. The first kappa shape index (κ1) is 21.8. The topological polar surface area (TPSA) is 78.7 Å². The number of nitrogens with zero attached hydrogens (tertiary/aromatic N) is 2. The van der Waals surface area contributed by atoms with Gasteiger partial charge in [0.15, 0.2) is 5.11 Å². The van der Waals surface area contributed by atoms with Crippen molar-refractivity contribution in [3.63, 3.8) is 0 Å². The molecule has 6 nitrogen and oxygen atoms in total. The van der Waals surface area contributed by atoms with Crippen LogP contribution in [0.15, 0.2) is 54.6 Å². The van der Waals surface area contributed by atoms with Crippen LogP contribution in [0.25, 0.3) is 0 Å². The maximum Gasteiger partial charge on any atom is 0.298 e. The van der Waals surface area contributed by atoms with E-state index < -0.39 is 0 Å². The molecule has 1 spiro atoms. The first-order valence-electron chi connectivity index (χ1n) is 10.8. The van der Waals surface area contributed by atoms with E-state index in [1.807, 2.05) is 58.3 Å². The van der Waals surface area contributed by atoms with Gasteiger partial charge in [-0.2, -0.15) is 0 Å². The van der Waals surface area contributed by atoms with Crippen molar-refractivity contribution in [2.75, 3.05) is 31.5 Å². The van der Waals surface area contributed by atoms with Crippen LogP contribution in [0.5, 0.6) is 0 Å². The smallest absolute Gasteiger partial charge is 0.298 e. The summed E-state index contributed by atoms with van der Waals surface area (Å²) in [6.07, 6.45) is 2.73. The lowest BCUT2D eigenvalue weighted by atomic mass is 9.78. The van der Waals surface area contributed by atoms with Gasteiger partial charge in [-0.3, -0.25) is 9.59 Å². The molecule has 0 atom stereocenters. The Balaban J connectivity index is 1.34. The Labute approximate surface area is 193 Å². The number of anilines is 1. The van der Waals surface area contributed by atoms with Crippen LogP contribution in [0.4, 0.5) is 5.69 Å². The minimum Gasteiger partial charge on any atom is -0.376 e. The molecule has 0 bridgehead atoms. The fourth-order valence-corrected chi connectivity index (χ4v) is 4.60. The van der Waals surface area contributed by atoms with Crippen LogP contribution in [0.2, 0.25) is 0 Å². The number of likely N-dealkylation sites (tertiary alicyclic amines) is 2. The molecule has 2 heterocycles. The number of nitrogens with two attached hydrogens (primary N) is 1. The van der Waals surface area contributed by atoms with Gasteiger partial charge in [-0.25, -0.2) is 0 Å². The Bertz CT molecular complexity index is 1080. The van der Waals surface area contributed by atoms with E-state index in [1.54, 1.807) is 6.07 Å². The van der Waals surface area contributed by atoms with Crippen molar-refractivity contribution in [3.8, 4) is 11.8 Å². The van der Waals surface area contributed by atoms with Crippen LogP contribution in [0, 0.1) is 17.3 Å². The molecule has 2 aliphatic rings. The van der Waals surface area contributed by atoms with Crippen molar-refractivity contribution < 1.29 is 9.59 Å². The molecule has 2 saturated heterocycles. The van der Waals surface area contributed by atoms with Crippen LogP contribution < -0.4 is 11.1 Å². The van der Waals surface area contributed by atoms with E-state index in [2.05, 4.69) is 17.2 Å². The summed E-state index contributed by atoms with van der Waals surface area (Å²) in [6, 6.07) is 16.8. The molecule has 2 aliphatic heterocycles. The number of carbonyl (C=O) groups is 2. The van der Waals surface area contributed by atoms with Crippen molar-refractivity contribution in [1.82, 2.24) is 9.80 Å². The lowest BCUT2D eigenvalue weighted by Gasteiger charge is -2.38. The SMILES string of the molecule is NC(=S)Nc1cccc(C(=O)N2CCC3(CCN(C(=O)C#Cc4ccccc4)CC3)C2)c1. The summed E-state index contributed by atoms with van der Waals surface area (Å²) >= 11 is 4.88. The maximum absolute atomic E-state index is 13.1. The lowest BCUT2D eigenvalue weighted by Crippen LogP contribution is -2.44. The molecule has 0 unspecified atom stereocenters. The molecule has 3 N–H and O–H groups in total. The van der Waals surface area contributed by atoms with E-state index in [-0.39, 0.29) is 22.3 Å². The third-order valence-electron chi connectivity index (χ3n) is 6.30. The Morgan fingerprint density at radius 3 is 2.34 bits per heavy atom. The summed E-state index contributed by atoms with van der Waals surface area (Å²) in [5, 5.41) is 3.04. The second-order valence-electron chi connectivity index (χ2n) is 8.45. The van der Waals surface area contributed by atoms with Gasteiger partial charge in [0, 0.05) is 48.9 Å². The highest BCUT2D eigenvalue weighted by Crippen LogP contribution is 2.40. The molecule has 7 heteroatoms. The number of rotatable bonds is 2. The standard InChI is InChI=1S/C25H26N4O2S/c26-24(32)27-21-8-4-7-20(17-21)23(31)29-16-13-25(18-29)11-14-28(15-12-25)22(30)10-9-19-5-2-1-3-6-19/h1-8,17H,11-16,18H2,(H3,26,27,32). The average Bonchev–Trinajstić information content (AvgIpc) is 3.21. The van der Waals surface area contributed by atoms with Crippen molar-refractivity contribution in [2.24, 2.45) is 11.1 Å². The highest BCUT2D eigenvalue weighted by Gasteiger charge is 2.42. The van der Waals surface area contributed by atoms with Crippen molar-refractivity contribution in [3.05, 3.63) is 65.7 Å². The number of carbonyl (C=O) groups excluding carboxylic acids is 2. The fraction of sp³-hybridized carbons (Fsp3) is 0.320. The fourth-order valence-electron chi connectivity index (χ4n) is 4.48. The molecule has 2 aromatic carbocycles. The minimum atomic E-state index is -0.128. The Morgan fingerprint density at radius 2 is 1.66 bits per heavy atom. The number of piperidine rings is 1. The summed E-state index contributed by atoms with van der Waals surface area (Å²) in [5.74, 6) is 5.59. The molecule has 2 aromatic rings. The monoisotopic (exact) mass is 446 g/mol. The Morgan fingerprint density at radius 1 is 0.969 bits per heavy atom. The van der Waals surface area contributed by atoms with Gasteiger partial charge in [-0.15, -0.1) is 0 Å². The summed E-state index contributed by atoms with van der Waals surface area (Å²) in [5.41, 5.74) is 7.78. The zero-order valence-electron chi connectivity index (χ0n) is 17.8. The van der Waals surface area contributed by atoms with Crippen LogP contribution in [-0.2, 0) is 4.79 Å². The quantitative estimate of drug-likeness (QED) is 0.548. The molecule has 2 fully saturated rings. The molecule has 4 rings (SSSR count). The molecule has 0 saturated carbocycles. The largest absolute Gasteiger partial charge is 0.376 e. The Kier molecular flexibility index (Phi) is 6.42. The summed E-state index contributed by atoms with van der Waals surface area (Å²) in [6.45, 7) is 2.80. The number of hydrogen-bond acceptors (Lipinski definition) is 3. The predicted octanol–water partition coefficient (Wildman–Crippen LogP) is 2.85. The third kappa shape index (κ3) is 5.09. The molecule has 0 aliphatic carbocycles. The van der Waals surface area contributed by atoms with E-state index in [0.29, 0.717) is 24.3 Å². The van der Waals surface area contributed by atoms with E-state index in [4.69, 9.17) is 18.0 Å². The molecular formula is C25H26N4O2S. The second kappa shape index (κ2) is 9.41. The van der Waals surface area contributed by atoms with Gasteiger partial charge in [0.2, 0.25) is 0 Å². The van der Waals surface area contributed by atoms with Gasteiger partial charge in [0.25, 0.3) is 11.8 Å². The van der Waals surface area contributed by atoms with Crippen molar-refractivity contribution >= 4 is 34.8 Å². The molecule has 0 aromatic heterocycles. The van der Waals surface area contributed by atoms with Gasteiger partial charge in [-0.1, -0.05) is 30.2 Å². The minimum absolute atomic E-state index is 0.0145. The zero-order valence-corrected chi connectivity index (χ0v) is 18.7. The van der Waals surface area contributed by atoms with Gasteiger partial charge in [0.05, 0.1) is 0 Å². The highest BCUT2D eigenvalue weighted by molar-refractivity contribution is 7.80. The van der Waals surface area contributed by atoms with Gasteiger partial charge in [0.1, 0.15) is 0 Å². The zero-order chi connectivity index (χ0) is 22.6. The van der Waals surface area contributed by atoms with E-state index in [0.717, 1.165) is 37.9 Å². The molecule has 32 heavy (non-hydrogen) atoms. The van der Waals surface area contributed by atoms with Crippen molar-refractivity contribution in [1.29, 1.82) is 0 Å². The van der Waals surface area contributed by atoms with Crippen LogP contribution in [0.1, 0.15) is 35.2 Å². The third-order valence-corrected chi connectivity index (χ3v) is 6.40. The van der Waals surface area contributed by atoms with Crippen LogP contribution in [-0.4, -0.2) is 52.9 Å². The molecular weight excluding hydrogens is 420 g/mol. The lowest BCUT2D eigenvalue weighted by molar-refractivity contribution is -0.127. The van der Waals surface area contributed by atoms with Gasteiger partial charge in [-0.05, 0) is 67.2 Å². The summed E-state index contributed by atoms with van der Waals surface area (Å²) < 4.78 is 0. The number of hydrogen-bond donors (Lipinski definition) is 2. The first-order valence-corrected chi connectivity index (χ1v) is 11.2. The van der Waals surface area contributed by atoms with E-state index in [1.165, 1.54) is 0 Å². The van der Waals surface area contributed by atoms with Crippen molar-refractivity contribution in [2.45, 2.75) is 19.3 Å². The Hall–Kier alpha value is -3.37. The molecule has 2 amide bonds. The van der Waals surface area contributed by atoms with Gasteiger partial charge >= 0.3 is 0 Å². The van der Waals surface area contributed by atoms with Gasteiger partial charge < -0.3 is 20.9 Å². The summed E-state index contributed by atoms with van der Waals surface area (Å²) in [4.78, 5) is 29.3. The second-order valence-corrected chi connectivity index (χ2v) is 8.89. The van der Waals surface area contributed by atoms with E-state index in [9.17, 15) is 9.59 Å². The average molecular weight is 447 g/mol. The molecule has 164 valence electrons. The molecule has 0 radical (unpaired) electrons. The van der Waals surface area contributed by atoms with E-state index >= 15 is 0 Å². The number of thiocarbonyl (C=S) groups is 1. The van der Waals surface area contributed by atoms with Crippen LogP contribution in [0.3, 0.4) is 0 Å². The maximum atomic E-state index is 13.1. The van der Waals surface area contributed by atoms with Crippen LogP contribution >= 0.6 is 12.2 Å². The summed E-state index contributed by atoms with van der Waals surface area (Å²) in [7, 11) is 0. The predicted molar refractivity (Wildman–Crippen MR) is 129 cm³/mol. The highest BCUT2D eigenvalue weighted by atomic mass is 32.1. The number of nitrogens with one attached hydrogen (secondary N) is 1. The first-order chi connectivity index (χ1) is 15.4.